The van der Waals surface area contributed by atoms with Crippen LogP contribution in [0, 0.1) is 0 Å². The molecule has 1 rings (SSSR count). The molecule has 0 radical (unpaired) electrons. The molecule has 1 atom stereocenters. The van der Waals surface area contributed by atoms with Gasteiger partial charge in [-0.15, -0.1) is 0 Å². The minimum Gasteiger partial charge on any atom is -0.490 e. The van der Waals surface area contributed by atoms with E-state index in [1.54, 1.807) is 0 Å². The third-order valence-electron chi connectivity index (χ3n) is 2.56. The highest BCUT2D eigenvalue weighted by molar-refractivity contribution is 5.48. The molecular formula is C14H22O3. The molecule has 0 aliphatic heterocycles. The van der Waals surface area contributed by atoms with Crippen molar-refractivity contribution in [1.29, 1.82) is 0 Å². The average Bonchev–Trinajstić information content (AvgIpc) is 2.36. The Bertz CT molecular complexity index is 336. The minimum absolute atomic E-state index is 0.0572. The third-order valence-corrected chi connectivity index (χ3v) is 2.56. The SMILES string of the molecule is CCCOc1cccc(C(C)CO)c1OCC. The molecule has 0 aliphatic carbocycles. The highest BCUT2D eigenvalue weighted by Gasteiger charge is 2.15. The van der Waals surface area contributed by atoms with Gasteiger partial charge in [-0.3, -0.25) is 0 Å². The molecule has 0 bridgehead atoms. The first kappa shape index (κ1) is 13.8. The number of aliphatic hydroxyl groups excluding tert-OH is 1. The number of rotatable bonds is 7. The summed E-state index contributed by atoms with van der Waals surface area (Å²) in [5, 5.41) is 9.25. The van der Waals surface area contributed by atoms with Crippen molar-refractivity contribution in [3.05, 3.63) is 23.8 Å². The third kappa shape index (κ3) is 3.63. The van der Waals surface area contributed by atoms with Gasteiger partial charge in [0.05, 0.1) is 13.2 Å². The molecule has 0 saturated heterocycles. The van der Waals surface area contributed by atoms with Crippen molar-refractivity contribution in [2.45, 2.75) is 33.1 Å². The number of hydrogen-bond donors (Lipinski definition) is 1. The maximum absolute atomic E-state index is 9.25. The van der Waals surface area contributed by atoms with Crippen molar-refractivity contribution < 1.29 is 14.6 Å². The molecule has 3 heteroatoms. The number of para-hydroxylation sites is 1. The molecule has 0 saturated carbocycles. The summed E-state index contributed by atoms with van der Waals surface area (Å²) in [4.78, 5) is 0. The van der Waals surface area contributed by atoms with E-state index in [0.29, 0.717) is 13.2 Å². The molecule has 1 aromatic carbocycles. The molecular weight excluding hydrogens is 216 g/mol. The van der Waals surface area contributed by atoms with Gasteiger partial charge in [-0.25, -0.2) is 0 Å². The van der Waals surface area contributed by atoms with Crippen molar-refractivity contribution in [3.8, 4) is 11.5 Å². The lowest BCUT2D eigenvalue weighted by Gasteiger charge is -2.18. The van der Waals surface area contributed by atoms with Crippen LogP contribution in [0.1, 0.15) is 38.7 Å². The standard InChI is InChI=1S/C14H22O3/c1-4-9-17-13-8-6-7-12(11(3)10-15)14(13)16-5-2/h6-8,11,15H,4-5,9-10H2,1-3H3. The Morgan fingerprint density at radius 2 is 2.00 bits per heavy atom. The lowest BCUT2D eigenvalue weighted by molar-refractivity contribution is 0.256. The Morgan fingerprint density at radius 1 is 1.24 bits per heavy atom. The zero-order valence-electron chi connectivity index (χ0n) is 10.9. The molecule has 0 aromatic heterocycles. The van der Waals surface area contributed by atoms with Crippen molar-refractivity contribution >= 4 is 0 Å². The van der Waals surface area contributed by atoms with Crippen LogP contribution in [0.15, 0.2) is 18.2 Å². The summed E-state index contributed by atoms with van der Waals surface area (Å²) >= 11 is 0. The first-order valence-electron chi connectivity index (χ1n) is 6.23. The van der Waals surface area contributed by atoms with E-state index >= 15 is 0 Å². The Labute approximate surface area is 103 Å². The van der Waals surface area contributed by atoms with Crippen molar-refractivity contribution in [1.82, 2.24) is 0 Å². The summed E-state index contributed by atoms with van der Waals surface area (Å²) in [7, 11) is 0. The van der Waals surface area contributed by atoms with Gasteiger partial charge in [-0.2, -0.15) is 0 Å². The van der Waals surface area contributed by atoms with E-state index in [0.717, 1.165) is 23.5 Å². The molecule has 1 N–H and O–H groups in total. The second kappa shape index (κ2) is 7.17. The predicted octanol–water partition coefficient (Wildman–Crippen LogP) is 2.97. The van der Waals surface area contributed by atoms with Crippen LogP contribution in [0.25, 0.3) is 0 Å². The normalized spacial score (nSPS) is 12.2. The van der Waals surface area contributed by atoms with E-state index in [9.17, 15) is 5.11 Å². The lowest BCUT2D eigenvalue weighted by atomic mass is 10.0. The van der Waals surface area contributed by atoms with E-state index in [1.807, 2.05) is 32.0 Å². The fourth-order valence-electron chi connectivity index (χ4n) is 1.64. The van der Waals surface area contributed by atoms with Gasteiger partial charge in [0.15, 0.2) is 11.5 Å². The van der Waals surface area contributed by atoms with Gasteiger partial charge >= 0.3 is 0 Å². The highest BCUT2D eigenvalue weighted by Crippen LogP contribution is 2.35. The van der Waals surface area contributed by atoms with Crippen LogP contribution in [0.4, 0.5) is 0 Å². The number of hydrogen-bond acceptors (Lipinski definition) is 3. The van der Waals surface area contributed by atoms with Crippen LogP contribution in [-0.4, -0.2) is 24.9 Å². The fraction of sp³-hybridized carbons (Fsp3) is 0.571. The monoisotopic (exact) mass is 238 g/mol. The molecule has 0 heterocycles. The number of benzene rings is 1. The van der Waals surface area contributed by atoms with Crippen LogP contribution in [0.2, 0.25) is 0 Å². The molecule has 0 spiro atoms. The van der Waals surface area contributed by atoms with Gasteiger partial charge in [0.25, 0.3) is 0 Å². The first-order valence-corrected chi connectivity index (χ1v) is 6.23. The molecule has 17 heavy (non-hydrogen) atoms. The molecule has 0 aliphatic rings. The van der Waals surface area contributed by atoms with Crippen molar-refractivity contribution in [2.24, 2.45) is 0 Å². The fourth-order valence-corrected chi connectivity index (χ4v) is 1.64. The molecule has 0 amide bonds. The molecule has 0 fully saturated rings. The maximum atomic E-state index is 9.25. The van der Waals surface area contributed by atoms with E-state index in [1.165, 1.54) is 0 Å². The van der Waals surface area contributed by atoms with E-state index < -0.39 is 0 Å². The van der Waals surface area contributed by atoms with E-state index in [4.69, 9.17) is 9.47 Å². The summed E-state index contributed by atoms with van der Waals surface area (Å²) in [5.74, 6) is 1.60. The summed E-state index contributed by atoms with van der Waals surface area (Å²) < 4.78 is 11.3. The first-order chi connectivity index (χ1) is 8.24. The average molecular weight is 238 g/mol. The van der Waals surface area contributed by atoms with E-state index in [-0.39, 0.29) is 12.5 Å². The van der Waals surface area contributed by atoms with Crippen LogP contribution in [-0.2, 0) is 0 Å². The summed E-state index contributed by atoms with van der Waals surface area (Å²) in [6.45, 7) is 7.37. The van der Waals surface area contributed by atoms with Crippen LogP contribution < -0.4 is 9.47 Å². The van der Waals surface area contributed by atoms with Gasteiger partial charge in [-0.1, -0.05) is 26.0 Å². The lowest BCUT2D eigenvalue weighted by Crippen LogP contribution is -2.06. The van der Waals surface area contributed by atoms with Crippen LogP contribution >= 0.6 is 0 Å². The predicted molar refractivity (Wildman–Crippen MR) is 68.9 cm³/mol. The van der Waals surface area contributed by atoms with Gasteiger partial charge in [0.2, 0.25) is 0 Å². The Kier molecular flexibility index (Phi) is 5.84. The zero-order chi connectivity index (χ0) is 12.7. The smallest absolute Gasteiger partial charge is 0.164 e. The summed E-state index contributed by atoms with van der Waals surface area (Å²) in [5.41, 5.74) is 1.00. The maximum Gasteiger partial charge on any atom is 0.164 e. The summed E-state index contributed by atoms with van der Waals surface area (Å²) in [6.07, 6.45) is 0.964. The number of aliphatic hydroxyl groups is 1. The van der Waals surface area contributed by atoms with Gasteiger partial charge in [0.1, 0.15) is 0 Å². The van der Waals surface area contributed by atoms with Crippen LogP contribution in [0.5, 0.6) is 11.5 Å². The van der Waals surface area contributed by atoms with Crippen molar-refractivity contribution in [3.63, 3.8) is 0 Å². The van der Waals surface area contributed by atoms with E-state index in [2.05, 4.69) is 6.92 Å². The second-order valence-corrected chi connectivity index (χ2v) is 4.04. The van der Waals surface area contributed by atoms with Gasteiger partial charge < -0.3 is 14.6 Å². The second-order valence-electron chi connectivity index (χ2n) is 4.04. The largest absolute Gasteiger partial charge is 0.490 e. The Balaban J connectivity index is 3.02. The molecule has 1 unspecified atom stereocenters. The number of ether oxygens (including phenoxy) is 2. The Morgan fingerprint density at radius 3 is 2.59 bits per heavy atom. The zero-order valence-corrected chi connectivity index (χ0v) is 10.9. The van der Waals surface area contributed by atoms with Gasteiger partial charge in [0, 0.05) is 18.1 Å². The molecule has 1 aromatic rings. The van der Waals surface area contributed by atoms with Crippen LogP contribution in [0.3, 0.4) is 0 Å². The molecule has 96 valence electrons. The minimum atomic E-state index is 0.0572. The quantitative estimate of drug-likeness (QED) is 0.793. The van der Waals surface area contributed by atoms with Crippen molar-refractivity contribution in [2.75, 3.05) is 19.8 Å². The highest BCUT2D eigenvalue weighted by atomic mass is 16.5. The Hall–Kier alpha value is -1.22. The topological polar surface area (TPSA) is 38.7 Å². The molecule has 3 nitrogen and oxygen atoms in total. The van der Waals surface area contributed by atoms with Gasteiger partial charge in [-0.05, 0) is 19.4 Å². The summed E-state index contributed by atoms with van der Waals surface area (Å²) in [6, 6.07) is 5.83.